The van der Waals surface area contributed by atoms with Crippen LogP contribution < -0.4 is 5.32 Å². The molecule has 1 aromatic rings. The molecule has 1 atom stereocenters. The molecule has 0 radical (unpaired) electrons. The largest absolute Gasteiger partial charge is 0.374 e. The third-order valence-electron chi connectivity index (χ3n) is 2.99. The second kappa shape index (κ2) is 7.55. The van der Waals surface area contributed by atoms with Crippen molar-refractivity contribution in [2.24, 2.45) is 0 Å². The van der Waals surface area contributed by atoms with E-state index >= 15 is 0 Å². The summed E-state index contributed by atoms with van der Waals surface area (Å²) < 4.78 is 5.82. The third kappa shape index (κ3) is 6.77. The average Bonchev–Trinajstić information content (AvgIpc) is 2.33. The van der Waals surface area contributed by atoms with E-state index in [4.69, 9.17) is 4.74 Å². The van der Waals surface area contributed by atoms with Gasteiger partial charge in [0.2, 0.25) is 0 Å². The average molecular weight is 249 g/mol. The van der Waals surface area contributed by atoms with Crippen molar-refractivity contribution in [3.05, 3.63) is 35.9 Å². The highest BCUT2D eigenvalue weighted by atomic mass is 16.5. The van der Waals surface area contributed by atoms with Crippen molar-refractivity contribution in [3.8, 4) is 0 Å². The molecule has 0 aliphatic carbocycles. The minimum Gasteiger partial charge on any atom is -0.374 e. The lowest BCUT2D eigenvalue weighted by molar-refractivity contribution is -0.0146. The molecule has 102 valence electrons. The lowest BCUT2D eigenvalue weighted by Crippen LogP contribution is -2.34. The second-order valence-electron chi connectivity index (χ2n) is 5.79. The van der Waals surface area contributed by atoms with E-state index in [2.05, 4.69) is 56.4 Å². The Kier molecular flexibility index (Phi) is 6.37. The Morgan fingerprint density at radius 2 is 1.83 bits per heavy atom. The Bertz CT molecular complexity index is 316. The molecule has 0 aliphatic heterocycles. The Hall–Kier alpha value is -0.860. The van der Waals surface area contributed by atoms with E-state index in [1.54, 1.807) is 0 Å². The summed E-state index contributed by atoms with van der Waals surface area (Å²) in [5.41, 5.74) is 1.37. The van der Waals surface area contributed by atoms with Gasteiger partial charge in [-0.3, -0.25) is 0 Å². The fraction of sp³-hybridized carbons (Fsp3) is 0.625. The summed E-state index contributed by atoms with van der Waals surface area (Å²) in [6.45, 7) is 7.09. The fourth-order valence-corrected chi connectivity index (χ4v) is 1.86. The highest BCUT2D eigenvalue weighted by Gasteiger charge is 2.13. The molecule has 2 nitrogen and oxygen atoms in total. The molecule has 0 saturated carbocycles. The van der Waals surface area contributed by atoms with Gasteiger partial charge in [-0.1, -0.05) is 30.3 Å². The van der Waals surface area contributed by atoms with Crippen molar-refractivity contribution in [3.63, 3.8) is 0 Å². The topological polar surface area (TPSA) is 21.3 Å². The van der Waals surface area contributed by atoms with E-state index in [9.17, 15) is 0 Å². The van der Waals surface area contributed by atoms with E-state index in [0.717, 1.165) is 19.4 Å². The van der Waals surface area contributed by atoms with E-state index in [1.165, 1.54) is 12.0 Å². The van der Waals surface area contributed by atoms with Crippen LogP contribution in [0.4, 0.5) is 0 Å². The summed E-state index contributed by atoms with van der Waals surface area (Å²) >= 11 is 0. The van der Waals surface area contributed by atoms with Crippen molar-refractivity contribution in [2.75, 3.05) is 13.7 Å². The Morgan fingerprint density at radius 3 is 2.39 bits per heavy atom. The number of benzene rings is 1. The van der Waals surface area contributed by atoms with Crippen LogP contribution in [-0.2, 0) is 11.2 Å². The zero-order valence-corrected chi connectivity index (χ0v) is 12.2. The predicted octanol–water partition coefficient (Wildman–Crippen LogP) is 3.41. The smallest absolute Gasteiger partial charge is 0.0626 e. The van der Waals surface area contributed by atoms with E-state index in [0.29, 0.717) is 6.04 Å². The van der Waals surface area contributed by atoms with Gasteiger partial charge in [-0.2, -0.15) is 0 Å². The van der Waals surface area contributed by atoms with Crippen LogP contribution in [0.3, 0.4) is 0 Å². The zero-order valence-electron chi connectivity index (χ0n) is 12.2. The van der Waals surface area contributed by atoms with Gasteiger partial charge in [0.25, 0.3) is 0 Å². The van der Waals surface area contributed by atoms with Gasteiger partial charge in [0.15, 0.2) is 0 Å². The summed E-state index contributed by atoms with van der Waals surface area (Å²) in [4.78, 5) is 0. The standard InChI is InChI=1S/C16H27NO/c1-16(2,3)18-13-15(17-4)12-8-11-14-9-6-5-7-10-14/h5-7,9-10,15,17H,8,11-13H2,1-4H3. The molecule has 18 heavy (non-hydrogen) atoms. The molecule has 0 fully saturated rings. The number of aryl methyl sites for hydroxylation is 1. The Balaban J connectivity index is 2.23. The molecule has 1 N–H and O–H groups in total. The van der Waals surface area contributed by atoms with Gasteiger partial charge in [-0.05, 0) is 52.6 Å². The van der Waals surface area contributed by atoms with Crippen molar-refractivity contribution in [1.29, 1.82) is 0 Å². The maximum Gasteiger partial charge on any atom is 0.0626 e. The van der Waals surface area contributed by atoms with Gasteiger partial charge in [0.05, 0.1) is 12.2 Å². The number of nitrogens with one attached hydrogen (secondary N) is 1. The normalized spacial score (nSPS) is 13.6. The van der Waals surface area contributed by atoms with Crippen molar-refractivity contribution >= 4 is 0 Å². The first-order valence-electron chi connectivity index (χ1n) is 6.86. The predicted molar refractivity (Wildman–Crippen MR) is 77.9 cm³/mol. The van der Waals surface area contributed by atoms with Crippen LogP contribution in [0.5, 0.6) is 0 Å². The van der Waals surface area contributed by atoms with E-state index < -0.39 is 0 Å². The van der Waals surface area contributed by atoms with E-state index in [-0.39, 0.29) is 5.60 Å². The first-order valence-corrected chi connectivity index (χ1v) is 6.86. The summed E-state index contributed by atoms with van der Waals surface area (Å²) in [5, 5.41) is 3.34. The number of likely N-dealkylation sites (N-methyl/N-ethyl adjacent to an activating group) is 1. The molecule has 2 heteroatoms. The molecule has 1 rings (SSSR count). The highest BCUT2D eigenvalue weighted by molar-refractivity contribution is 5.14. The second-order valence-corrected chi connectivity index (χ2v) is 5.79. The summed E-state index contributed by atoms with van der Waals surface area (Å²) in [6, 6.07) is 11.1. The number of hydrogen-bond acceptors (Lipinski definition) is 2. The van der Waals surface area contributed by atoms with Crippen LogP contribution in [0.2, 0.25) is 0 Å². The van der Waals surface area contributed by atoms with Crippen LogP contribution in [0.15, 0.2) is 30.3 Å². The first kappa shape index (κ1) is 15.2. The summed E-state index contributed by atoms with van der Waals surface area (Å²) in [7, 11) is 2.01. The maximum absolute atomic E-state index is 5.82. The highest BCUT2D eigenvalue weighted by Crippen LogP contribution is 2.11. The molecule has 0 amide bonds. The van der Waals surface area contributed by atoms with Gasteiger partial charge in [-0.15, -0.1) is 0 Å². The molecule has 1 aromatic carbocycles. The molecule has 0 spiro atoms. The van der Waals surface area contributed by atoms with E-state index in [1.807, 2.05) is 7.05 Å². The fourth-order valence-electron chi connectivity index (χ4n) is 1.86. The lowest BCUT2D eigenvalue weighted by atomic mass is 10.0. The summed E-state index contributed by atoms with van der Waals surface area (Å²) in [6.07, 6.45) is 3.50. The SMILES string of the molecule is CNC(CCCc1ccccc1)COC(C)(C)C. The van der Waals surface area contributed by atoms with Crippen LogP contribution in [-0.4, -0.2) is 25.3 Å². The minimum absolute atomic E-state index is 0.0471. The van der Waals surface area contributed by atoms with Crippen LogP contribution in [0.25, 0.3) is 0 Å². The van der Waals surface area contributed by atoms with Crippen LogP contribution in [0, 0.1) is 0 Å². The molecular weight excluding hydrogens is 222 g/mol. The monoisotopic (exact) mass is 249 g/mol. The molecular formula is C16H27NO. The first-order chi connectivity index (χ1) is 8.51. The Morgan fingerprint density at radius 1 is 1.17 bits per heavy atom. The van der Waals surface area contributed by atoms with Gasteiger partial charge in [-0.25, -0.2) is 0 Å². The van der Waals surface area contributed by atoms with Gasteiger partial charge in [0, 0.05) is 6.04 Å². The van der Waals surface area contributed by atoms with Gasteiger partial charge in [0.1, 0.15) is 0 Å². The van der Waals surface area contributed by atoms with Crippen molar-refractivity contribution in [1.82, 2.24) is 5.32 Å². The zero-order chi connectivity index (χ0) is 13.4. The molecule has 0 aromatic heterocycles. The van der Waals surface area contributed by atoms with Gasteiger partial charge >= 0.3 is 0 Å². The molecule has 0 heterocycles. The lowest BCUT2D eigenvalue weighted by Gasteiger charge is -2.24. The molecule has 0 saturated heterocycles. The van der Waals surface area contributed by atoms with Crippen LogP contribution in [0.1, 0.15) is 39.2 Å². The summed E-state index contributed by atoms with van der Waals surface area (Å²) in [5.74, 6) is 0. The number of rotatable bonds is 7. The minimum atomic E-state index is -0.0471. The maximum atomic E-state index is 5.82. The van der Waals surface area contributed by atoms with Crippen molar-refractivity contribution in [2.45, 2.75) is 51.7 Å². The number of ether oxygens (including phenoxy) is 1. The third-order valence-corrected chi connectivity index (χ3v) is 2.99. The van der Waals surface area contributed by atoms with Crippen LogP contribution >= 0.6 is 0 Å². The quantitative estimate of drug-likeness (QED) is 0.799. The number of hydrogen-bond donors (Lipinski definition) is 1. The molecule has 0 aliphatic rings. The molecule has 1 unspecified atom stereocenters. The Labute approximate surface area is 112 Å². The van der Waals surface area contributed by atoms with Crippen molar-refractivity contribution < 1.29 is 4.74 Å². The molecule has 0 bridgehead atoms. The van der Waals surface area contributed by atoms with Gasteiger partial charge < -0.3 is 10.1 Å².